The van der Waals surface area contributed by atoms with Crippen LogP contribution in [-0.4, -0.2) is 41.9 Å². The second-order valence-corrected chi connectivity index (χ2v) is 6.64. The Morgan fingerprint density at radius 3 is 2.48 bits per heavy atom. The molecule has 1 aliphatic rings. The first-order valence-electron chi connectivity index (χ1n) is 8.67. The van der Waals surface area contributed by atoms with Crippen LogP contribution in [0, 0.1) is 0 Å². The highest BCUT2D eigenvalue weighted by molar-refractivity contribution is 5.98. The molecule has 6 nitrogen and oxygen atoms in total. The first-order chi connectivity index (χ1) is 11.9. The molecule has 1 N–H and O–H groups in total. The summed E-state index contributed by atoms with van der Waals surface area (Å²) in [6, 6.07) is 7.12. The second-order valence-electron chi connectivity index (χ2n) is 6.64. The molecular formula is C19H26N2O4. The third-order valence-electron chi connectivity index (χ3n) is 4.54. The van der Waals surface area contributed by atoms with E-state index in [0.29, 0.717) is 24.9 Å². The first-order valence-corrected chi connectivity index (χ1v) is 8.67. The molecule has 1 unspecified atom stereocenters. The lowest BCUT2D eigenvalue weighted by Gasteiger charge is -2.27. The highest BCUT2D eigenvalue weighted by atomic mass is 16.5. The van der Waals surface area contributed by atoms with Gasteiger partial charge in [-0.1, -0.05) is 25.5 Å². The molecule has 0 saturated carbocycles. The van der Waals surface area contributed by atoms with Crippen LogP contribution >= 0.6 is 0 Å². The van der Waals surface area contributed by atoms with Crippen LogP contribution in [0.15, 0.2) is 24.3 Å². The maximum atomic E-state index is 12.5. The summed E-state index contributed by atoms with van der Waals surface area (Å²) < 4.78 is 4.82. The van der Waals surface area contributed by atoms with E-state index in [1.807, 2.05) is 24.0 Å². The normalized spacial score (nSPS) is 16.4. The van der Waals surface area contributed by atoms with Crippen LogP contribution in [0.5, 0.6) is 0 Å². The van der Waals surface area contributed by atoms with Crippen LogP contribution in [0.25, 0.3) is 0 Å². The molecule has 1 aliphatic heterocycles. The molecule has 0 aromatic heterocycles. The Hall–Kier alpha value is -2.37. The number of nitrogens with zero attached hydrogens (tertiary/aromatic N) is 1. The maximum Gasteiger partial charge on any atom is 0.331 e. The summed E-state index contributed by atoms with van der Waals surface area (Å²) >= 11 is 0. The van der Waals surface area contributed by atoms with Crippen LogP contribution in [0.4, 0.5) is 0 Å². The number of methoxy groups -OCH3 is 1. The molecule has 1 aromatic carbocycles. The zero-order chi connectivity index (χ0) is 18.4. The Labute approximate surface area is 148 Å². The van der Waals surface area contributed by atoms with Crippen LogP contribution in [0.1, 0.15) is 55.5 Å². The molecule has 136 valence electrons. The number of amides is 2. The van der Waals surface area contributed by atoms with E-state index >= 15 is 0 Å². The van der Waals surface area contributed by atoms with Crippen LogP contribution in [0.3, 0.4) is 0 Å². The minimum absolute atomic E-state index is 0.176. The van der Waals surface area contributed by atoms with Crippen molar-refractivity contribution in [3.05, 3.63) is 35.4 Å². The van der Waals surface area contributed by atoms with Gasteiger partial charge >= 0.3 is 5.97 Å². The molecule has 1 fully saturated rings. The van der Waals surface area contributed by atoms with Crippen molar-refractivity contribution in [2.45, 2.75) is 51.6 Å². The van der Waals surface area contributed by atoms with Gasteiger partial charge in [0.25, 0.3) is 5.91 Å². The Kier molecular flexibility index (Phi) is 6.17. The van der Waals surface area contributed by atoms with Gasteiger partial charge in [0.2, 0.25) is 5.91 Å². The van der Waals surface area contributed by atoms with Gasteiger partial charge in [0.05, 0.1) is 7.11 Å². The molecular weight excluding hydrogens is 320 g/mol. The van der Waals surface area contributed by atoms with Crippen LogP contribution in [-0.2, 0) is 20.9 Å². The average Bonchev–Trinajstić information content (AvgIpc) is 2.99. The van der Waals surface area contributed by atoms with E-state index in [0.717, 1.165) is 24.9 Å². The number of hydrogen-bond acceptors (Lipinski definition) is 4. The number of esters is 1. The van der Waals surface area contributed by atoms with Crippen molar-refractivity contribution in [3.63, 3.8) is 0 Å². The van der Waals surface area contributed by atoms with E-state index in [9.17, 15) is 14.4 Å². The number of ether oxygens (including phenoxy) is 1. The third kappa shape index (κ3) is 4.59. The minimum atomic E-state index is -1.04. The summed E-state index contributed by atoms with van der Waals surface area (Å²) in [7, 11) is 1.32. The van der Waals surface area contributed by atoms with Gasteiger partial charge in [-0.25, -0.2) is 4.79 Å². The van der Waals surface area contributed by atoms with Crippen molar-refractivity contribution >= 4 is 17.8 Å². The smallest absolute Gasteiger partial charge is 0.331 e. The highest BCUT2D eigenvalue weighted by Gasteiger charge is 2.35. The van der Waals surface area contributed by atoms with Crippen LogP contribution < -0.4 is 5.32 Å². The lowest BCUT2D eigenvalue weighted by Crippen LogP contribution is -2.52. The van der Waals surface area contributed by atoms with Gasteiger partial charge in [-0.3, -0.25) is 9.59 Å². The lowest BCUT2D eigenvalue weighted by atomic mass is 9.95. The van der Waals surface area contributed by atoms with Crippen molar-refractivity contribution < 1.29 is 19.1 Å². The molecule has 25 heavy (non-hydrogen) atoms. The molecule has 1 aromatic rings. The first kappa shape index (κ1) is 19.0. The van der Waals surface area contributed by atoms with Gasteiger partial charge in [0.1, 0.15) is 5.54 Å². The summed E-state index contributed by atoms with van der Waals surface area (Å²) in [4.78, 5) is 38.0. The largest absolute Gasteiger partial charge is 0.467 e. The summed E-state index contributed by atoms with van der Waals surface area (Å²) in [5, 5.41) is 2.78. The van der Waals surface area contributed by atoms with Gasteiger partial charge in [-0.2, -0.15) is 0 Å². The van der Waals surface area contributed by atoms with E-state index in [2.05, 4.69) is 5.32 Å². The number of likely N-dealkylation sites (tertiary alicyclic amines) is 1. The van der Waals surface area contributed by atoms with Crippen LogP contribution in [0.2, 0.25) is 0 Å². The van der Waals surface area contributed by atoms with Gasteiger partial charge in [0.15, 0.2) is 0 Å². The number of nitrogens with one attached hydrogen (secondary N) is 1. The molecule has 2 rings (SSSR count). The van der Waals surface area contributed by atoms with Gasteiger partial charge in [-0.05, 0) is 37.5 Å². The van der Waals surface area contributed by atoms with Gasteiger partial charge in [-0.15, -0.1) is 0 Å². The average molecular weight is 346 g/mol. The molecule has 1 atom stereocenters. The SMILES string of the molecule is CCCC(C)(NC(=O)c1ccc(CN2CCCC2=O)cc1)C(=O)OC. The molecule has 6 heteroatoms. The lowest BCUT2D eigenvalue weighted by molar-refractivity contribution is -0.147. The zero-order valence-electron chi connectivity index (χ0n) is 15.1. The zero-order valence-corrected chi connectivity index (χ0v) is 15.1. The van der Waals surface area contributed by atoms with E-state index in [1.54, 1.807) is 19.1 Å². The molecule has 0 spiro atoms. The van der Waals surface area contributed by atoms with Crippen molar-refractivity contribution in [3.8, 4) is 0 Å². The summed E-state index contributed by atoms with van der Waals surface area (Å²) in [6.07, 6.45) is 2.77. The molecule has 0 bridgehead atoms. The Bertz CT molecular complexity index is 641. The predicted octanol–water partition coefficient (Wildman–Crippen LogP) is 2.27. The number of benzene rings is 1. The Morgan fingerprint density at radius 2 is 1.96 bits per heavy atom. The molecule has 1 heterocycles. The maximum absolute atomic E-state index is 12.5. The Balaban J connectivity index is 2.04. The Morgan fingerprint density at radius 1 is 1.28 bits per heavy atom. The van der Waals surface area contributed by atoms with Crippen molar-refractivity contribution in [2.75, 3.05) is 13.7 Å². The second kappa shape index (κ2) is 8.14. The summed E-state index contributed by atoms with van der Waals surface area (Å²) in [5.74, 6) is -0.591. The number of carbonyl (C=O) groups is 3. The fraction of sp³-hybridized carbons (Fsp3) is 0.526. The standard InChI is InChI=1S/C19H26N2O4/c1-4-11-19(2,18(24)25-3)20-17(23)15-9-7-14(8-10-15)13-21-12-5-6-16(21)22/h7-10H,4-6,11-13H2,1-3H3,(H,20,23). The third-order valence-corrected chi connectivity index (χ3v) is 4.54. The van der Waals surface area contributed by atoms with E-state index < -0.39 is 11.5 Å². The number of rotatable bonds is 7. The van der Waals surface area contributed by atoms with Crippen molar-refractivity contribution in [1.82, 2.24) is 10.2 Å². The van der Waals surface area contributed by atoms with Crippen molar-refractivity contribution in [1.29, 1.82) is 0 Å². The molecule has 0 radical (unpaired) electrons. The molecule has 1 saturated heterocycles. The van der Waals surface area contributed by atoms with E-state index in [1.165, 1.54) is 7.11 Å². The van der Waals surface area contributed by atoms with E-state index in [4.69, 9.17) is 4.74 Å². The summed E-state index contributed by atoms with van der Waals surface area (Å²) in [5.41, 5.74) is 0.417. The minimum Gasteiger partial charge on any atom is -0.467 e. The fourth-order valence-electron chi connectivity index (χ4n) is 3.12. The monoisotopic (exact) mass is 346 g/mol. The van der Waals surface area contributed by atoms with Crippen molar-refractivity contribution in [2.24, 2.45) is 0 Å². The fourth-order valence-corrected chi connectivity index (χ4v) is 3.12. The molecule has 2 amide bonds. The van der Waals surface area contributed by atoms with Gasteiger partial charge in [0, 0.05) is 25.1 Å². The number of carbonyl (C=O) groups excluding carboxylic acids is 3. The van der Waals surface area contributed by atoms with E-state index in [-0.39, 0.29) is 11.8 Å². The van der Waals surface area contributed by atoms with Gasteiger partial charge < -0.3 is 15.0 Å². The number of hydrogen-bond donors (Lipinski definition) is 1. The topological polar surface area (TPSA) is 75.7 Å². The quantitative estimate of drug-likeness (QED) is 0.769. The highest BCUT2D eigenvalue weighted by Crippen LogP contribution is 2.17. The summed E-state index contributed by atoms with van der Waals surface area (Å²) in [6.45, 7) is 4.97. The predicted molar refractivity (Wildman–Crippen MR) is 93.9 cm³/mol. The molecule has 0 aliphatic carbocycles.